The Kier molecular flexibility index (Phi) is 4.46. The number of fused-ring (bicyclic) bond motifs is 1. The summed E-state index contributed by atoms with van der Waals surface area (Å²) in [6, 6.07) is 39.7. The number of Topliss-reactive ketones (excluding diaryl/α,β-unsaturated/α-hetero) is 1. The van der Waals surface area contributed by atoms with Crippen LogP contribution in [-0.2, 0) is 15.6 Å². The highest BCUT2D eigenvalue weighted by Crippen LogP contribution is 2.86. The van der Waals surface area contributed by atoms with Gasteiger partial charge in [0.2, 0.25) is 0 Å². The van der Waals surface area contributed by atoms with Crippen LogP contribution in [0.2, 0.25) is 0 Å². The predicted molar refractivity (Wildman–Crippen MR) is 135 cm³/mol. The van der Waals surface area contributed by atoms with E-state index < -0.39 is 15.2 Å². The molecule has 0 saturated heterocycles. The molecule has 0 radical (unpaired) electrons. The van der Waals surface area contributed by atoms with Crippen molar-refractivity contribution in [3.05, 3.63) is 144 Å². The van der Waals surface area contributed by atoms with Crippen LogP contribution in [0.5, 0.6) is 0 Å². The van der Waals surface area contributed by atoms with Crippen LogP contribution in [-0.4, -0.2) is 10.1 Å². The van der Waals surface area contributed by atoms with Crippen molar-refractivity contribution in [1.82, 2.24) is 0 Å². The lowest BCUT2D eigenvalue weighted by Crippen LogP contribution is -2.27. The molecular formula is C30H20Cl2O. The van der Waals surface area contributed by atoms with Gasteiger partial charge < -0.3 is 0 Å². The van der Waals surface area contributed by atoms with Crippen LogP contribution >= 0.6 is 23.2 Å². The van der Waals surface area contributed by atoms with E-state index in [1.807, 2.05) is 121 Å². The standard InChI is InChI=1S/C30H20Cl2O/c31-30(32)28(23-17-9-3-10-18-23)26(22-15-7-2-8-16-22)25(21-13-5-1-6-14-21)27(33)29(28,30)24-19-11-4-12-20-24/h1-20H. The molecule has 2 aliphatic rings. The maximum atomic E-state index is 14.6. The Labute approximate surface area is 203 Å². The minimum Gasteiger partial charge on any atom is -0.293 e. The van der Waals surface area contributed by atoms with Crippen LogP contribution in [0, 0.1) is 0 Å². The summed E-state index contributed by atoms with van der Waals surface area (Å²) in [5, 5.41) is 0. The Balaban J connectivity index is 1.79. The van der Waals surface area contributed by atoms with Crippen LogP contribution < -0.4 is 0 Å². The van der Waals surface area contributed by atoms with E-state index in [0.717, 1.165) is 27.8 Å². The molecule has 3 heteroatoms. The average molecular weight is 467 g/mol. The van der Waals surface area contributed by atoms with Gasteiger partial charge in [-0.1, -0.05) is 145 Å². The molecule has 0 spiro atoms. The fourth-order valence-corrected chi connectivity index (χ4v) is 7.19. The third-order valence-electron chi connectivity index (χ3n) is 7.17. The summed E-state index contributed by atoms with van der Waals surface area (Å²) in [4.78, 5) is 14.6. The second-order valence-electron chi connectivity index (χ2n) is 8.62. The summed E-state index contributed by atoms with van der Waals surface area (Å²) >= 11 is 14.6. The molecule has 1 fully saturated rings. The zero-order valence-corrected chi connectivity index (χ0v) is 19.2. The summed E-state index contributed by atoms with van der Waals surface area (Å²) in [7, 11) is 0. The molecule has 6 rings (SSSR count). The molecule has 4 aromatic carbocycles. The second-order valence-corrected chi connectivity index (χ2v) is 9.94. The van der Waals surface area contributed by atoms with Crippen molar-refractivity contribution in [1.29, 1.82) is 0 Å². The highest BCUT2D eigenvalue weighted by Gasteiger charge is 2.95. The first-order valence-corrected chi connectivity index (χ1v) is 11.7. The smallest absolute Gasteiger partial charge is 0.178 e. The van der Waals surface area contributed by atoms with Gasteiger partial charge in [0.15, 0.2) is 10.1 Å². The topological polar surface area (TPSA) is 17.1 Å². The lowest BCUT2D eigenvalue weighted by atomic mass is 9.78. The number of benzene rings is 4. The van der Waals surface area contributed by atoms with E-state index in [4.69, 9.17) is 23.2 Å². The van der Waals surface area contributed by atoms with E-state index in [1.54, 1.807) is 0 Å². The van der Waals surface area contributed by atoms with Gasteiger partial charge in [0.1, 0.15) is 5.41 Å². The predicted octanol–water partition coefficient (Wildman–Crippen LogP) is 7.24. The van der Waals surface area contributed by atoms with E-state index in [-0.39, 0.29) is 5.78 Å². The number of carbonyl (C=O) groups excluding carboxylic acids is 1. The number of allylic oxidation sites excluding steroid dienone is 2. The Morgan fingerprint density at radius 2 is 0.879 bits per heavy atom. The van der Waals surface area contributed by atoms with Crippen molar-refractivity contribution in [2.45, 2.75) is 15.2 Å². The minimum atomic E-state index is -1.34. The Hall–Kier alpha value is -3.13. The van der Waals surface area contributed by atoms with Crippen LogP contribution in [0.1, 0.15) is 22.3 Å². The zero-order chi connectivity index (χ0) is 22.7. The molecule has 0 aromatic heterocycles. The van der Waals surface area contributed by atoms with Gasteiger partial charge in [0.25, 0.3) is 0 Å². The van der Waals surface area contributed by atoms with E-state index in [9.17, 15) is 4.79 Å². The number of rotatable bonds is 4. The Morgan fingerprint density at radius 1 is 0.485 bits per heavy atom. The number of carbonyl (C=O) groups is 1. The van der Waals surface area contributed by atoms with Crippen molar-refractivity contribution in [2.75, 3.05) is 0 Å². The molecule has 2 atom stereocenters. The van der Waals surface area contributed by atoms with Crippen LogP contribution in [0.4, 0.5) is 0 Å². The van der Waals surface area contributed by atoms with Gasteiger partial charge in [-0.25, -0.2) is 0 Å². The maximum Gasteiger partial charge on any atom is 0.178 e. The number of alkyl halides is 2. The Morgan fingerprint density at radius 3 is 1.36 bits per heavy atom. The summed E-state index contributed by atoms with van der Waals surface area (Å²) in [6.07, 6.45) is 0. The van der Waals surface area contributed by atoms with E-state index >= 15 is 0 Å². The largest absolute Gasteiger partial charge is 0.293 e. The quantitative estimate of drug-likeness (QED) is 0.289. The summed E-state index contributed by atoms with van der Waals surface area (Å²) in [6.45, 7) is 0. The highest BCUT2D eigenvalue weighted by atomic mass is 35.5. The van der Waals surface area contributed by atoms with Gasteiger partial charge in [-0.05, 0) is 27.8 Å². The monoisotopic (exact) mass is 466 g/mol. The summed E-state index contributed by atoms with van der Waals surface area (Å²) in [5.74, 6) is -0.0346. The molecular weight excluding hydrogens is 447 g/mol. The van der Waals surface area contributed by atoms with Gasteiger partial charge in [0, 0.05) is 5.57 Å². The molecule has 1 nitrogen and oxygen atoms in total. The zero-order valence-electron chi connectivity index (χ0n) is 17.7. The Bertz CT molecular complexity index is 1380. The van der Waals surface area contributed by atoms with E-state index in [1.165, 1.54) is 0 Å². The van der Waals surface area contributed by atoms with E-state index in [0.29, 0.717) is 5.57 Å². The minimum absolute atomic E-state index is 0.0346. The lowest BCUT2D eigenvalue weighted by molar-refractivity contribution is -0.115. The molecule has 0 aliphatic heterocycles. The SMILES string of the molecule is O=C1C(c2ccccc2)=C(c2ccccc2)C2(c3ccccc3)C(Cl)(Cl)C12c1ccccc1. The third-order valence-corrected chi connectivity index (χ3v) is 8.31. The molecule has 2 aliphatic carbocycles. The van der Waals surface area contributed by atoms with Crippen molar-refractivity contribution in [3.8, 4) is 0 Å². The normalized spacial score (nSPS) is 25.1. The van der Waals surface area contributed by atoms with Crippen molar-refractivity contribution >= 4 is 40.1 Å². The molecule has 0 N–H and O–H groups in total. The van der Waals surface area contributed by atoms with Gasteiger partial charge in [-0.15, -0.1) is 0 Å². The van der Waals surface area contributed by atoms with Gasteiger partial charge in [-0.3, -0.25) is 4.79 Å². The molecule has 0 bridgehead atoms. The van der Waals surface area contributed by atoms with Crippen LogP contribution in [0.15, 0.2) is 121 Å². The lowest BCUT2D eigenvalue weighted by Gasteiger charge is -2.23. The molecule has 160 valence electrons. The first-order chi connectivity index (χ1) is 16.1. The highest BCUT2D eigenvalue weighted by molar-refractivity contribution is 6.63. The average Bonchev–Trinajstić information content (AvgIpc) is 3.20. The molecule has 0 heterocycles. The molecule has 33 heavy (non-hydrogen) atoms. The van der Waals surface area contributed by atoms with Gasteiger partial charge >= 0.3 is 0 Å². The summed E-state index contributed by atoms with van der Waals surface area (Å²) < 4.78 is -1.34. The second kappa shape index (κ2) is 7.18. The van der Waals surface area contributed by atoms with Crippen molar-refractivity contribution in [3.63, 3.8) is 0 Å². The van der Waals surface area contributed by atoms with Crippen molar-refractivity contribution < 1.29 is 4.79 Å². The molecule has 2 unspecified atom stereocenters. The molecule has 4 aromatic rings. The van der Waals surface area contributed by atoms with Gasteiger partial charge in [0.05, 0.1) is 5.41 Å². The fraction of sp³-hybridized carbons (Fsp3) is 0.100. The third kappa shape index (κ3) is 2.37. The number of halogens is 2. The van der Waals surface area contributed by atoms with Gasteiger partial charge in [-0.2, -0.15) is 0 Å². The number of hydrogen-bond acceptors (Lipinski definition) is 1. The van der Waals surface area contributed by atoms with Crippen LogP contribution in [0.25, 0.3) is 11.1 Å². The van der Waals surface area contributed by atoms with Crippen LogP contribution in [0.3, 0.4) is 0 Å². The fourth-order valence-electron chi connectivity index (χ4n) is 5.93. The number of ketones is 1. The maximum absolute atomic E-state index is 14.6. The first-order valence-electron chi connectivity index (χ1n) is 11.0. The summed E-state index contributed by atoms with van der Waals surface area (Å²) in [5.41, 5.74) is 3.14. The van der Waals surface area contributed by atoms with Crippen molar-refractivity contribution in [2.24, 2.45) is 0 Å². The first kappa shape index (κ1) is 20.5. The molecule has 1 saturated carbocycles. The number of hydrogen-bond donors (Lipinski definition) is 0. The molecule has 0 amide bonds. The van der Waals surface area contributed by atoms with E-state index in [2.05, 4.69) is 0 Å².